The number of rotatable bonds is 3. The highest BCUT2D eigenvalue weighted by atomic mass is 15.0. The summed E-state index contributed by atoms with van der Waals surface area (Å²) >= 11 is 0. The van der Waals surface area contributed by atoms with Gasteiger partial charge < -0.3 is 10.5 Å². The Hall–Kier alpha value is -0.0151. The van der Waals surface area contributed by atoms with E-state index in [9.17, 15) is 0 Å². The standard InChI is InChI=1S/C4H11BN2/c1-4(2)6-3-7-5/h4,6-7H,3H2,1-2H3. The largest absolute Gasteiger partial charge is 0.355 e. The van der Waals surface area contributed by atoms with Gasteiger partial charge in [-0.1, -0.05) is 0 Å². The van der Waals surface area contributed by atoms with Crippen molar-refractivity contribution in [3.8, 4) is 0 Å². The Morgan fingerprint density at radius 2 is 2.14 bits per heavy atom. The lowest BCUT2D eigenvalue weighted by atomic mass is 10.4. The maximum absolute atomic E-state index is 4.96. The highest BCUT2D eigenvalue weighted by molar-refractivity contribution is 6.04. The highest BCUT2D eigenvalue weighted by Crippen LogP contribution is 1.69. The quantitative estimate of drug-likeness (QED) is 0.371. The van der Waals surface area contributed by atoms with E-state index in [4.69, 9.17) is 7.98 Å². The molecule has 2 radical (unpaired) electrons. The molecule has 0 aromatic carbocycles. The van der Waals surface area contributed by atoms with Gasteiger partial charge >= 0.3 is 0 Å². The molecule has 0 aromatic rings. The van der Waals surface area contributed by atoms with E-state index in [2.05, 4.69) is 24.4 Å². The molecule has 0 rings (SSSR count). The monoisotopic (exact) mass is 98.1 g/mol. The van der Waals surface area contributed by atoms with Crippen molar-refractivity contribution in [3.63, 3.8) is 0 Å². The molecule has 0 atom stereocenters. The Morgan fingerprint density at radius 3 is 2.29 bits per heavy atom. The van der Waals surface area contributed by atoms with Gasteiger partial charge in [0, 0.05) is 12.7 Å². The summed E-state index contributed by atoms with van der Waals surface area (Å²) in [6.07, 6.45) is 0. The Balaban J connectivity index is 2.68. The first-order valence-electron chi connectivity index (χ1n) is 2.44. The Morgan fingerprint density at radius 1 is 1.57 bits per heavy atom. The molecule has 0 spiro atoms. The first kappa shape index (κ1) is 6.98. The summed E-state index contributed by atoms with van der Waals surface area (Å²) < 4.78 is 0. The van der Waals surface area contributed by atoms with Gasteiger partial charge in [-0.05, 0) is 13.8 Å². The lowest BCUT2D eigenvalue weighted by molar-refractivity contribution is 0.584. The second-order valence-corrected chi connectivity index (χ2v) is 1.74. The van der Waals surface area contributed by atoms with E-state index in [0.29, 0.717) is 12.7 Å². The van der Waals surface area contributed by atoms with Crippen LogP contribution < -0.4 is 10.5 Å². The molecule has 40 valence electrons. The Kier molecular flexibility index (Phi) is 4.14. The van der Waals surface area contributed by atoms with E-state index in [1.807, 2.05) is 0 Å². The van der Waals surface area contributed by atoms with E-state index in [1.165, 1.54) is 0 Å². The summed E-state index contributed by atoms with van der Waals surface area (Å²) in [6, 6.07) is 0.510. The van der Waals surface area contributed by atoms with Gasteiger partial charge in [0.25, 0.3) is 0 Å². The fraction of sp³-hybridized carbons (Fsp3) is 1.00. The zero-order valence-corrected chi connectivity index (χ0v) is 4.86. The molecule has 0 heterocycles. The van der Waals surface area contributed by atoms with Gasteiger partial charge in [-0.25, -0.2) is 0 Å². The summed E-state index contributed by atoms with van der Waals surface area (Å²) in [5, 5.41) is 5.55. The summed E-state index contributed by atoms with van der Waals surface area (Å²) in [5.41, 5.74) is 0. The molecule has 2 N–H and O–H groups in total. The molecule has 3 heteroatoms. The fourth-order valence-electron chi connectivity index (χ4n) is 0.263. The van der Waals surface area contributed by atoms with Gasteiger partial charge in [-0.15, -0.1) is 0 Å². The Labute approximate surface area is 46.1 Å². The number of hydrogen-bond donors (Lipinski definition) is 2. The Bertz CT molecular complexity index is 38.7. The predicted octanol–water partition coefficient (Wildman–Crippen LogP) is -0.385. The van der Waals surface area contributed by atoms with E-state index in [-0.39, 0.29) is 0 Å². The van der Waals surface area contributed by atoms with Gasteiger partial charge in [0.15, 0.2) is 7.98 Å². The maximum atomic E-state index is 4.96. The minimum absolute atomic E-state index is 0.510. The van der Waals surface area contributed by atoms with Gasteiger partial charge in [0.05, 0.1) is 0 Å². The summed E-state index contributed by atoms with van der Waals surface area (Å²) in [6.45, 7) is 4.81. The predicted molar refractivity (Wildman–Crippen MR) is 32.0 cm³/mol. The third-order valence-corrected chi connectivity index (χ3v) is 0.612. The van der Waals surface area contributed by atoms with Crippen LogP contribution in [0.2, 0.25) is 0 Å². The highest BCUT2D eigenvalue weighted by Gasteiger charge is 1.84. The molecule has 0 aliphatic carbocycles. The van der Waals surface area contributed by atoms with Gasteiger partial charge in [0.2, 0.25) is 0 Å². The third kappa shape index (κ3) is 5.98. The molecule has 0 aliphatic rings. The van der Waals surface area contributed by atoms with Crippen molar-refractivity contribution in [2.45, 2.75) is 19.9 Å². The van der Waals surface area contributed by atoms with Crippen LogP contribution in [0.25, 0.3) is 0 Å². The van der Waals surface area contributed by atoms with E-state index < -0.39 is 0 Å². The van der Waals surface area contributed by atoms with Crippen molar-refractivity contribution in [1.29, 1.82) is 0 Å². The molecular formula is C4H11BN2. The van der Waals surface area contributed by atoms with Crippen molar-refractivity contribution in [2.75, 3.05) is 6.67 Å². The molecular weight excluding hydrogens is 86.9 g/mol. The lowest BCUT2D eigenvalue weighted by Gasteiger charge is -2.04. The van der Waals surface area contributed by atoms with Crippen molar-refractivity contribution < 1.29 is 0 Å². The topological polar surface area (TPSA) is 24.1 Å². The minimum Gasteiger partial charge on any atom is -0.355 e. The molecule has 0 saturated carbocycles. The number of hydrogen-bond acceptors (Lipinski definition) is 2. The molecule has 0 bridgehead atoms. The second-order valence-electron chi connectivity index (χ2n) is 1.74. The van der Waals surface area contributed by atoms with Crippen LogP contribution in [-0.4, -0.2) is 20.7 Å². The van der Waals surface area contributed by atoms with Crippen molar-refractivity contribution in [1.82, 2.24) is 10.5 Å². The van der Waals surface area contributed by atoms with Gasteiger partial charge in [0.1, 0.15) is 0 Å². The third-order valence-electron chi connectivity index (χ3n) is 0.612. The summed E-state index contributed by atoms with van der Waals surface area (Å²) in [4.78, 5) is 0. The van der Waals surface area contributed by atoms with Crippen LogP contribution >= 0.6 is 0 Å². The zero-order valence-electron chi connectivity index (χ0n) is 4.86. The van der Waals surface area contributed by atoms with Crippen molar-refractivity contribution in [3.05, 3.63) is 0 Å². The minimum atomic E-state index is 0.510. The zero-order chi connectivity index (χ0) is 5.70. The van der Waals surface area contributed by atoms with Crippen molar-refractivity contribution in [2.24, 2.45) is 0 Å². The number of nitrogens with one attached hydrogen (secondary N) is 2. The molecule has 0 amide bonds. The van der Waals surface area contributed by atoms with Crippen LogP contribution in [0, 0.1) is 0 Å². The first-order valence-corrected chi connectivity index (χ1v) is 2.44. The lowest BCUT2D eigenvalue weighted by Crippen LogP contribution is -2.32. The van der Waals surface area contributed by atoms with Crippen LogP contribution in [0.1, 0.15) is 13.8 Å². The molecule has 2 nitrogen and oxygen atoms in total. The molecule has 0 unspecified atom stereocenters. The van der Waals surface area contributed by atoms with Crippen LogP contribution in [0.4, 0.5) is 0 Å². The van der Waals surface area contributed by atoms with E-state index >= 15 is 0 Å². The van der Waals surface area contributed by atoms with E-state index in [0.717, 1.165) is 0 Å². The normalized spacial score (nSPS) is 10.1. The molecule has 0 saturated heterocycles. The van der Waals surface area contributed by atoms with Crippen LogP contribution in [0.15, 0.2) is 0 Å². The second kappa shape index (κ2) is 4.15. The molecule has 0 fully saturated rings. The van der Waals surface area contributed by atoms with Crippen LogP contribution in [-0.2, 0) is 0 Å². The molecule has 0 aromatic heterocycles. The molecule has 0 aliphatic heterocycles. The first-order chi connectivity index (χ1) is 3.27. The summed E-state index contributed by atoms with van der Waals surface area (Å²) in [5.74, 6) is 0. The summed E-state index contributed by atoms with van der Waals surface area (Å²) in [7, 11) is 4.96. The smallest absolute Gasteiger partial charge is 0.179 e. The maximum Gasteiger partial charge on any atom is 0.179 e. The van der Waals surface area contributed by atoms with Crippen LogP contribution in [0.3, 0.4) is 0 Å². The fourth-order valence-corrected chi connectivity index (χ4v) is 0.263. The van der Waals surface area contributed by atoms with E-state index in [1.54, 1.807) is 0 Å². The molecule has 7 heavy (non-hydrogen) atoms. The van der Waals surface area contributed by atoms with Crippen molar-refractivity contribution >= 4 is 7.98 Å². The van der Waals surface area contributed by atoms with Crippen LogP contribution in [0.5, 0.6) is 0 Å². The average molecular weight is 98.0 g/mol. The SMILES string of the molecule is [B]NCNC(C)C. The van der Waals surface area contributed by atoms with Gasteiger partial charge in [-0.2, -0.15) is 0 Å². The van der Waals surface area contributed by atoms with Gasteiger partial charge in [-0.3, -0.25) is 0 Å². The average Bonchev–Trinajstić information content (AvgIpc) is 1.61.